The first-order chi connectivity index (χ1) is 23.3. The minimum Gasteiger partial charge on any atom is -0.542 e. The number of likely N-dealkylation sites (tertiary alicyclic amines) is 1. The number of nitrogens with zero attached hydrogens (tertiary/aromatic N) is 4. The Morgan fingerprint density at radius 3 is 2.49 bits per heavy atom. The number of anilines is 2. The number of rotatable bonds is 11. The zero-order valence-electron chi connectivity index (χ0n) is 28.6. The first-order valence-corrected chi connectivity index (χ1v) is 16.7. The predicted molar refractivity (Wildman–Crippen MR) is 180 cm³/mol. The number of nitrogen functional groups attached to an aromatic ring is 1. The Labute approximate surface area is 284 Å². The van der Waals surface area contributed by atoms with Crippen molar-refractivity contribution in [1.82, 2.24) is 35.8 Å². The third-order valence-corrected chi connectivity index (χ3v) is 9.00. The number of alkyl carbamates (subject to hydrolysis) is 1. The monoisotopic (exact) mass is 678 g/mol. The predicted octanol–water partition coefficient (Wildman–Crippen LogP) is -0.489. The number of aliphatic carboxylic acids is 1. The summed E-state index contributed by atoms with van der Waals surface area (Å²) in [7, 11) is 0. The van der Waals surface area contributed by atoms with Crippen LogP contribution in [0.1, 0.15) is 68.3 Å². The SMILES string of the molecule is CCN1c2cc(C(=O)NCCN3CCC(NC(=O)OC(C)(C)C)CC3)ccc2[NH+](CC)C1(CNC(=O)c1nc2cc[nH]c2nc1N)C(=O)[O-]. The second-order valence-electron chi connectivity index (χ2n) is 13.3. The number of benzene rings is 1. The molecule has 7 N–H and O–H groups in total. The van der Waals surface area contributed by atoms with Gasteiger partial charge in [-0.25, -0.2) is 14.8 Å². The number of nitrogens with two attached hydrogens (primary N) is 1. The number of quaternary nitrogens is 1. The number of fused-ring (bicyclic) bond motifs is 2. The number of nitrogens with one attached hydrogen (secondary N) is 5. The van der Waals surface area contributed by atoms with Crippen molar-refractivity contribution in [2.45, 2.75) is 64.8 Å². The van der Waals surface area contributed by atoms with Crippen LogP contribution in [0.25, 0.3) is 11.2 Å². The second-order valence-corrected chi connectivity index (χ2v) is 13.3. The lowest BCUT2D eigenvalue weighted by Crippen LogP contribution is -3.19. The number of carbonyl (C=O) groups excluding carboxylic acids is 4. The number of likely N-dealkylation sites (N-methyl/N-ethyl adjacent to an activating group) is 2. The summed E-state index contributed by atoms with van der Waals surface area (Å²) in [6.45, 7) is 12.1. The smallest absolute Gasteiger partial charge is 0.407 e. The Kier molecular flexibility index (Phi) is 10.3. The first kappa shape index (κ1) is 35.3. The minimum atomic E-state index is -1.71. The molecule has 0 bridgehead atoms. The van der Waals surface area contributed by atoms with Crippen molar-refractivity contribution in [3.8, 4) is 0 Å². The number of aromatic amines is 1. The fourth-order valence-corrected chi connectivity index (χ4v) is 6.72. The summed E-state index contributed by atoms with van der Waals surface area (Å²) < 4.78 is 5.36. The molecule has 49 heavy (non-hydrogen) atoms. The van der Waals surface area contributed by atoms with Gasteiger partial charge in [-0.2, -0.15) is 0 Å². The van der Waals surface area contributed by atoms with Gasteiger partial charge in [0.1, 0.15) is 22.8 Å². The van der Waals surface area contributed by atoms with Crippen LogP contribution >= 0.6 is 0 Å². The molecule has 264 valence electrons. The largest absolute Gasteiger partial charge is 0.542 e. The molecular weight excluding hydrogens is 632 g/mol. The van der Waals surface area contributed by atoms with Crippen molar-refractivity contribution in [2.75, 3.05) is 56.4 Å². The highest BCUT2D eigenvalue weighted by Crippen LogP contribution is 2.35. The normalized spacial score (nSPS) is 19.8. The highest BCUT2D eigenvalue weighted by molar-refractivity contribution is 5.99. The van der Waals surface area contributed by atoms with Gasteiger partial charge in [0.05, 0.1) is 13.1 Å². The molecule has 3 aromatic rings. The van der Waals surface area contributed by atoms with Crippen LogP contribution in [-0.4, -0.2) is 107 Å². The van der Waals surface area contributed by atoms with Crippen LogP contribution in [-0.2, 0) is 9.53 Å². The van der Waals surface area contributed by atoms with Crippen molar-refractivity contribution in [3.63, 3.8) is 0 Å². The van der Waals surface area contributed by atoms with Crippen LogP contribution in [0.15, 0.2) is 30.5 Å². The Hall–Kier alpha value is -4.96. The molecule has 0 spiro atoms. The number of aromatic nitrogens is 3. The van der Waals surface area contributed by atoms with Crippen LogP contribution < -0.4 is 36.6 Å². The molecule has 3 amide bonds. The van der Waals surface area contributed by atoms with Gasteiger partial charge in [0, 0.05) is 56.6 Å². The van der Waals surface area contributed by atoms with Gasteiger partial charge in [-0.1, -0.05) is 0 Å². The van der Waals surface area contributed by atoms with Gasteiger partial charge >= 0.3 is 6.09 Å². The van der Waals surface area contributed by atoms with Gasteiger partial charge < -0.3 is 51.1 Å². The molecule has 0 aliphatic carbocycles. The van der Waals surface area contributed by atoms with Crippen molar-refractivity contribution in [1.29, 1.82) is 0 Å². The fourth-order valence-electron chi connectivity index (χ4n) is 6.72. The van der Waals surface area contributed by atoms with Crippen LogP contribution in [0.4, 0.5) is 22.0 Å². The van der Waals surface area contributed by atoms with Gasteiger partial charge in [-0.15, -0.1) is 0 Å². The summed E-state index contributed by atoms with van der Waals surface area (Å²) in [5, 5.41) is 21.7. The Morgan fingerprint density at radius 2 is 1.84 bits per heavy atom. The summed E-state index contributed by atoms with van der Waals surface area (Å²) in [5.74, 6) is -2.42. The number of hydrogen-bond donors (Lipinski definition) is 6. The van der Waals surface area contributed by atoms with Crippen molar-refractivity contribution in [2.24, 2.45) is 0 Å². The number of amides is 3. The number of carboxylic acids is 1. The zero-order chi connectivity index (χ0) is 35.5. The van der Waals surface area contributed by atoms with Crippen LogP contribution in [0.3, 0.4) is 0 Å². The zero-order valence-corrected chi connectivity index (χ0v) is 28.6. The number of piperidine rings is 1. The topological polar surface area (TPSA) is 215 Å². The molecule has 2 aliphatic heterocycles. The van der Waals surface area contributed by atoms with Crippen molar-refractivity contribution < 1.29 is 33.9 Å². The molecular formula is C33H46N10O6. The summed E-state index contributed by atoms with van der Waals surface area (Å²) in [5.41, 5.74) is 6.14. The Morgan fingerprint density at radius 1 is 1.10 bits per heavy atom. The maximum atomic E-state index is 13.3. The Bertz CT molecular complexity index is 1710. The third kappa shape index (κ3) is 7.39. The van der Waals surface area contributed by atoms with Crippen LogP contribution in [0.2, 0.25) is 0 Å². The molecule has 1 fully saturated rings. The molecule has 0 saturated carbocycles. The van der Waals surface area contributed by atoms with E-state index in [0.717, 1.165) is 25.9 Å². The minimum absolute atomic E-state index is 0.0422. The van der Waals surface area contributed by atoms with E-state index in [1.54, 1.807) is 35.4 Å². The summed E-state index contributed by atoms with van der Waals surface area (Å²) in [6, 6.07) is 6.82. The fraction of sp³-hybridized carbons (Fsp3) is 0.515. The van der Waals surface area contributed by atoms with E-state index in [2.05, 4.69) is 35.8 Å². The molecule has 2 atom stereocenters. The standard InChI is InChI=1S/C33H46N10O6/c1-6-42-23-9-8-20(28(44)36-14-17-41-15-11-21(12-16-41)38-31(48)49-32(3,4)5)18-24(23)43(7-2)33(42,30(46)47)19-37-29(45)25-26(34)40-27-22(39-25)10-13-35-27/h8-10,13,18,21H,6-7,11-12,14-17,19H2,1-5H3,(H,36,44)(H,37,45)(H,38,48)(H,46,47)(H3,34,35,40). The van der Waals surface area contributed by atoms with Gasteiger partial charge in [-0.05, 0) is 65.7 Å². The molecule has 1 saturated heterocycles. The van der Waals surface area contributed by atoms with Crippen molar-refractivity contribution in [3.05, 3.63) is 41.7 Å². The van der Waals surface area contributed by atoms with Crippen LogP contribution in [0, 0.1) is 0 Å². The van der Waals surface area contributed by atoms with E-state index < -0.39 is 29.2 Å². The van der Waals surface area contributed by atoms with E-state index >= 15 is 0 Å². The first-order valence-electron chi connectivity index (χ1n) is 16.7. The van der Waals surface area contributed by atoms with Gasteiger partial charge in [-0.3, -0.25) is 14.5 Å². The summed E-state index contributed by atoms with van der Waals surface area (Å²) in [4.78, 5) is 67.5. The average molecular weight is 679 g/mol. The van der Waals surface area contributed by atoms with E-state index in [0.29, 0.717) is 52.6 Å². The van der Waals surface area contributed by atoms with Gasteiger partial charge in [0.2, 0.25) is 5.66 Å². The van der Waals surface area contributed by atoms with Gasteiger partial charge in [0.25, 0.3) is 11.8 Å². The van der Waals surface area contributed by atoms with Gasteiger partial charge in [0.15, 0.2) is 22.8 Å². The lowest BCUT2D eigenvalue weighted by molar-refractivity contribution is -0.872. The van der Waals surface area contributed by atoms with E-state index in [1.807, 2.05) is 34.6 Å². The second kappa shape index (κ2) is 14.3. The number of ether oxygens (including phenoxy) is 1. The summed E-state index contributed by atoms with van der Waals surface area (Å²) in [6.07, 6.45) is 2.78. The highest BCUT2D eigenvalue weighted by Gasteiger charge is 2.55. The van der Waals surface area contributed by atoms with E-state index in [-0.39, 0.29) is 36.6 Å². The molecule has 1 aromatic carbocycles. The lowest BCUT2D eigenvalue weighted by Gasteiger charge is -2.41. The maximum Gasteiger partial charge on any atom is 0.407 e. The molecule has 2 aromatic heterocycles. The average Bonchev–Trinajstić information content (AvgIpc) is 3.62. The van der Waals surface area contributed by atoms with E-state index in [4.69, 9.17) is 10.5 Å². The van der Waals surface area contributed by atoms with E-state index in [9.17, 15) is 24.3 Å². The molecule has 4 heterocycles. The molecule has 5 rings (SSSR count). The third-order valence-electron chi connectivity index (χ3n) is 9.00. The lowest BCUT2D eigenvalue weighted by atomic mass is 10.1. The maximum absolute atomic E-state index is 13.3. The molecule has 2 unspecified atom stereocenters. The molecule has 0 radical (unpaired) electrons. The van der Waals surface area contributed by atoms with Crippen LogP contribution in [0.5, 0.6) is 0 Å². The van der Waals surface area contributed by atoms with Crippen molar-refractivity contribution >= 4 is 52.2 Å². The summed E-state index contributed by atoms with van der Waals surface area (Å²) >= 11 is 0. The number of H-pyrrole nitrogens is 1. The molecule has 2 aliphatic rings. The highest BCUT2D eigenvalue weighted by atomic mass is 16.6. The quantitative estimate of drug-likeness (QED) is 0.152. The Balaban J connectivity index is 1.22. The molecule has 16 heteroatoms. The number of carbonyl (C=O) groups is 4. The number of carboxylic acid groups (broad SMARTS) is 1. The van der Waals surface area contributed by atoms with E-state index in [1.165, 1.54) is 0 Å². The number of hydrogen-bond acceptors (Lipinski definition) is 11. The molecule has 16 nitrogen and oxygen atoms in total.